The monoisotopic (exact) mass is 275 g/mol. The molecule has 0 spiro atoms. The summed E-state index contributed by atoms with van der Waals surface area (Å²) in [6.07, 6.45) is 0. The predicted molar refractivity (Wildman–Crippen MR) is 76.7 cm³/mol. The van der Waals surface area contributed by atoms with E-state index in [1.54, 1.807) is 0 Å². The summed E-state index contributed by atoms with van der Waals surface area (Å²) in [5, 5.41) is 6.55. The van der Waals surface area contributed by atoms with Gasteiger partial charge in [-0.1, -0.05) is 6.07 Å². The highest BCUT2D eigenvalue weighted by Crippen LogP contribution is 2.37. The van der Waals surface area contributed by atoms with Gasteiger partial charge in [-0.2, -0.15) is 0 Å². The normalized spacial score (nSPS) is 13.3. The molecule has 0 amide bonds. The maximum Gasteiger partial charge on any atom is 0.133 e. The number of hydrogen-bond donors (Lipinski definition) is 3. The number of halogens is 2. The first-order chi connectivity index (χ1) is 9.70. The van der Waals surface area contributed by atoms with Crippen LogP contribution in [0.2, 0.25) is 0 Å². The van der Waals surface area contributed by atoms with E-state index in [1.165, 1.54) is 12.1 Å². The van der Waals surface area contributed by atoms with Gasteiger partial charge in [0.15, 0.2) is 0 Å². The van der Waals surface area contributed by atoms with Crippen LogP contribution in [0.25, 0.3) is 11.1 Å². The lowest BCUT2D eigenvalue weighted by atomic mass is 9.96. The molecular formula is C15H15F2N3. The van der Waals surface area contributed by atoms with Gasteiger partial charge in [0, 0.05) is 31.3 Å². The number of nitrogens with two attached hydrogens (primary N) is 1. The Morgan fingerprint density at radius 2 is 1.75 bits per heavy atom. The van der Waals surface area contributed by atoms with E-state index in [9.17, 15) is 8.78 Å². The Kier molecular flexibility index (Phi) is 3.28. The van der Waals surface area contributed by atoms with E-state index >= 15 is 0 Å². The summed E-state index contributed by atoms with van der Waals surface area (Å²) in [7, 11) is 0. The maximum atomic E-state index is 14.0. The molecule has 104 valence electrons. The van der Waals surface area contributed by atoms with Gasteiger partial charge in [-0.15, -0.1) is 0 Å². The Hall–Kier alpha value is -2.14. The van der Waals surface area contributed by atoms with E-state index in [0.29, 0.717) is 11.1 Å². The van der Waals surface area contributed by atoms with Crippen LogP contribution in [0.15, 0.2) is 30.3 Å². The lowest BCUT2D eigenvalue weighted by molar-refractivity contribution is 0.585. The first-order valence-electron chi connectivity index (χ1n) is 6.50. The zero-order valence-electron chi connectivity index (χ0n) is 10.8. The van der Waals surface area contributed by atoms with Gasteiger partial charge >= 0.3 is 0 Å². The Morgan fingerprint density at radius 1 is 1.00 bits per heavy atom. The van der Waals surface area contributed by atoms with Crippen molar-refractivity contribution in [2.75, 3.05) is 23.7 Å². The van der Waals surface area contributed by atoms with Gasteiger partial charge < -0.3 is 16.4 Å². The number of benzene rings is 2. The summed E-state index contributed by atoms with van der Waals surface area (Å²) in [4.78, 5) is 0. The van der Waals surface area contributed by atoms with Crippen molar-refractivity contribution in [3.8, 4) is 11.1 Å². The van der Waals surface area contributed by atoms with E-state index in [2.05, 4.69) is 10.6 Å². The molecule has 1 heterocycles. The smallest absolute Gasteiger partial charge is 0.133 e. The van der Waals surface area contributed by atoms with Gasteiger partial charge in [0.1, 0.15) is 11.6 Å². The van der Waals surface area contributed by atoms with Crippen molar-refractivity contribution in [3.63, 3.8) is 0 Å². The molecule has 0 radical (unpaired) electrons. The molecule has 2 aromatic carbocycles. The molecule has 0 aliphatic carbocycles. The van der Waals surface area contributed by atoms with Gasteiger partial charge in [0.05, 0.1) is 11.4 Å². The molecule has 0 saturated heterocycles. The summed E-state index contributed by atoms with van der Waals surface area (Å²) >= 11 is 0. The van der Waals surface area contributed by atoms with Gasteiger partial charge in [0.25, 0.3) is 0 Å². The van der Waals surface area contributed by atoms with Crippen LogP contribution in [-0.4, -0.2) is 13.1 Å². The Morgan fingerprint density at radius 3 is 2.50 bits per heavy atom. The van der Waals surface area contributed by atoms with Gasteiger partial charge in [-0.05, 0) is 29.3 Å². The van der Waals surface area contributed by atoms with Crippen molar-refractivity contribution in [2.45, 2.75) is 6.54 Å². The molecule has 5 heteroatoms. The minimum atomic E-state index is -0.585. The second-order valence-corrected chi connectivity index (χ2v) is 4.70. The molecule has 0 saturated carbocycles. The van der Waals surface area contributed by atoms with Crippen LogP contribution in [-0.2, 0) is 6.54 Å². The third kappa shape index (κ3) is 2.10. The van der Waals surface area contributed by atoms with E-state index in [0.717, 1.165) is 36.1 Å². The van der Waals surface area contributed by atoms with Crippen molar-refractivity contribution in [2.24, 2.45) is 5.73 Å². The number of rotatable bonds is 2. The molecule has 1 aliphatic heterocycles. The van der Waals surface area contributed by atoms with Gasteiger partial charge in [-0.25, -0.2) is 8.78 Å². The number of anilines is 2. The molecule has 0 fully saturated rings. The molecule has 3 rings (SSSR count). The zero-order valence-corrected chi connectivity index (χ0v) is 10.8. The summed E-state index contributed by atoms with van der Waals surface area (Å²) < 4.78 is 27.0. The van der Waals surface area contributed by atoms with Crippen molar-refractivity contribution in [1.29, 1.82) is 0 Å². The SMILES string of the molecule is NCc1c(-c2ccc(F)cc2F)ccc2c1NCCN2. The zero-order chi connectivity index (χ0) is 14.1. The van der Waals surface area contributed by atoms with Crippen molar-refractivity contribution in [3.05, 3.63) is 47.5 Å². The lowest BCUT2D eigenvalue weighted by Gasteiger charge is -2.24. The van der Waals surface area contributed by atoms with E-state index in [-0.39, 0.29) is 6.54 Å². The lowest BCUT2D eigenvalue weighted by Crippen LogP contribution is -2.22. The fourth-order valence-electron chi connectivity index (χ4n) is 2.55. The molecule has 0 aromatic heterocycles. The third-order valence-electron chi connectivity index (χ3n) is 3.48. The highest BCUT2D eigenvalue weighted by molar-refractivity contribution is 5.83. The first kappa shape index (κ1) is 12.9. The molecule has 0 atom stereocenters. The minimum absolute atomic E-state index is 0.282. The average molecular weight is 275 g/mol. The standard InChI is InChI=1S/C15H15F2N3/c16-9-1-2-11(13(17)7-9)10-3-4-14-15(12(10)8-18)20-6-5-19-14/h1-4,7,19-20H,5-6,8,18H2. The quantitative estimate of drug-likeness (QED) is 0.790. The highest BCUT2D eigenvalue weighted by atomic mass is 19.1. The van der Waals surface area contributed by atoms with Crippen LogP contribution in [0.3, 0.4) is 0 Å². The number of nitrogens with one attached hydrogen (secondary N) is 2. The highest BCUT2D eigenvalue weighted by Gasteiger charge is 2.18. The van der Waals surface area contributed by atoms with Gasteiger partial charge in [-0.3, -0.25) is 0 Å². The van der Waals surface area contributed by atoms with Gasteiger partial charge in [0.2, 0.25) is 0 Å². The predicted octanol–water partition coefficient (Wildman–Crippen LogP) is 2.93. The summed E-state index contributed by atoms with van der Waals surface area (Å²) in [6.45, 7) is 1.90. The third-order valence-corrected chi connectivity index (χ3v) is 3.48. The number of hydrogen-bond acceptors (Lipinski definition) is 3. The summed E-state index contributed by atoms with van der Waals surface area (Å²) in [6, 6.07) is 7.29. The van der Waals surface area contributed by atoms with E-state index in [4.69, 9.17) is 5.73 Å². The fourth-order valence-corrected chi connectivity index (χ4v) is 2.55. The molecule has 3 nitrogen and oxygen atoms in total. The minimum Gasteiger partial charge on any atom is -0.382 e. The second-order valence-electron chi connectivity index (χ2n) is 4.70. The van der Waals surface area contributed by atoms with E-state index in [1.807, 2.05) is 12.1 Å². The Balaban J connectivity index is 2.18. The topological polar surface area (TPSA) is 50.1 Å². The maximum absolute atomic E-state index is 14.0. The van der Waals surface area contributed by atoms with Crippen molar-refractivity contribution < 1.29 is 8.78 Å². The van der Waals surface area contributed by atoms with E-state index < -0.39 is 11.6 Å². The number of fused-ring (bicyclic) bond motifs is 1. The van der Waals surface area contributed by atoms with Crippen LogP contribution >= 0.6 is 0 Å². The fraction of sp³-hybridized carbons (Fsp3) is 0.200. The molecule has 0 unspecified atom stereocenters. The van der Waals surface area contributed by atoms with Crippen LogP contribution in [0.1, 0.15) is 5.56 Å². The largest absolute Gasteiger partial charge is 0.382 e. The van der Waals surface area contributed by atoms with Crippen LogP contribution in [0, 0.1) is 11.6 Å². The Labute approximate surface area is 115 Å². The van der Waals surface area contributed by atoms with Crippen LogP contribution < -0.4 is 16.4 Å². The Bertz CT molecular complexity index is 656. The molecule has 2 aromatic rings. The summed E-state index contributed by atoms with van der Waals surface area (Å²) in [5.41, 5.74) is 9.58. The van der Waals surface area contributed by atoms with Crippen LogP contribution in [0.5, 0.6) is 0 Å². The second kappa shape index (κ2) is 5.09. The van der Waals surface area contributed by atoms with Crippen molar-refractivity contribution >= 4 is 11.4 Å². The average Bonchev–Trinajstić information content (AvgIpc) is 2.46. The molecule has 20 heavy (non-hydrogen) atoms. The molecular weight excluding hydrogens is 260 g/mol. The molecule has 0 bridgehead atoms. The first-order valence-corrected chi connectivity index (χ1v) is 6.50. The summed E-state index contributed by atoms with van der Waals surface area (Å²) in [5.74, 6) is -1.17. The van der Waals surface area contributed by atoms with Crippen LogP contribution in [0.4, 0.5) is 20.2 Å². The molecule has 1 aliphatic rings. The van der Waals surface area contributed by atoms with Crippen molar-refractivity contribution in [1.82, 2.24) is 0 Å². The molecule has 4 N–H and O–H groups in total.